The molecule has 42 heavy (non-hydrogen) atoms. The first-order valence-electron chi connectivity index (χ1n) is 14.3. The van der Waals surface area contributed by atoms with Crippen molar-refractivity contribution in [2.24, 2.45) is 5.92 Å². The van der Waals surface area contributed by atoms with Crippen LogP contribution in [0, 0.1) is 24.2 Å². The third-order valence-electron chi connectivity index (χ3n) is 8.16. The number of ketones is 1. The summed E-state index contributed by atoms with van der Waals surface area (Å²) < 4.78 is 15.0. The molecule has 0 aliphatic carbocycles. The molecule has 2 fully saturated rings. The Balaban J connectivity index is 1.09. The summed E-state index contributed by atoms with van der Waals surface area (Å²) in [5, 5.41) is 11.7. The standard InChI is InChI=1S/C33H34FN5O3/c1-22-2-8-25(9-3-22)31(40)26-12-16-39(17-13-26)33(42)27-10-11-30(36-19-27)32(41)37-29-14-15-38(21-28(29)34)20-24-6-4-23(18-35)5-7-24/h2-11,19,26,28-29H,12-17,20-21H2,1H3,(H,37,41)/t28-,29-/m1/s1. The number of alkyl halides is 1. The first-order chi connectivity index (χ1) is 20.3. The van der Waals surface area contributed by atoms with Crippen LogP contribution in [0.3, 0.4) is 0 Å². The molecule has 0 bridgehead atoms. The highest BCUT2D eigenvalue weighted by molar-refractivity contribution is 5.99. The lowest BCUT2D eigenvalue weighted by atomic mass is 9.88. The van der Waals surface area contributed by atoms with E-state index in [4.69, 9.17) is 5.26 Å². The van der Waals surface area contributed by atoms with E-state index in [0.29, 0.717) is 62.1 Å². The van der Waals surface area contributed by atoms with Gasteiger partial charge in [-0.15, -0.1) is 0 Å². The van der Waals surface area contributed by atoms with Crippen LogP contribution >= 0.6 is 0 Å². The molecule has 0 saturated carbocycles. The summed E-state index contributed by atoms with van der Waals surface area (Å²) in [5.74, 6) is -0.651. The molecule has 2 aromatic carbocycles. The Morgan fingerprint density at radius 1 is 0.952 bits per heavy atom. The fraction of sp³-hybridized carbons (Fsp3) is 0.364. The van der Waals surface area contributed by atoms with E-state index in [0.717, 1.165) is 11.1 Å². The molecule has 8 nitrogen and oxygen atoms in total. The number of rotatable bonds is 7. The van der Waals surface area contributed by atoms with E-state index < -0.39 is 18.1 Å². The van der Waals surface area contributed by atoms with E-state index in [1.54, 1.807) is 23.1 Å². The lowest BCUT2D eigenvalue weighted by Gasteiger charge is -2.35. The van der Waals surface area contributed by atoms with Gasteiger partial charge >= 0.3 is 0 Å². The predicted octanol–water partition coefficient (Wildman–Crippen LogP) is 4.34. The summed E-state index contributed by atoms with van der Waals surface area (Å²) in [6.45, 7) is 4.33. The molecule has 216 valence electrons. The smallest absolute Gasteiger partial charge is 0.270 e. The SMILES string of the molecule is Cc1ccc(C(=O)C2CCN(C(=O)c3ccc(C(=O)N[C@@H]4CCN(Cc5ccc(C#N)cc5)C[C@H]4F)nc3)CC2)cc1. The lowest BCUT2D eigenvalue weighted by Crippen LogP contribution is -2.52. The number of aromatic nitrogens is 1. The van der Waals surface area contributed by atoms with Gasteiger partial charge in [-0.3, -0.25) is 24.3 Å². The van der Waals surface area contributed by atoms with E-state index in [1.807, 2.05) is 48.2 Å². The van der Waals surface area contributed by atoms with Crippen LogP contribution in [0.5, 0.6) is 0 Å². The van der Waals surface area contributed by atoms with Gasteiger partial charge in [0.15, 0.2) is 5.78 Å². The van der Waals surface area contributed by atoms with Gasteiger partial charge in [0.05, 0.1) is 23.2 Å². The second kappa shape index (κ2) is 13.0. The number of nitrogens with zero attached hydrogens (tertiary/aromatic N) is 4. The number of pyridine rings is 1. The third-order valence-corrected chi connectivity index (χ3v) is 8.16. The second-order valence-electron chi connectivity index (χ2n) is 11.2. The Morgan fingerprint density at radius 3 is 2.26 bits per heavy atom. The highest BCUT2D eigenvalue weighted by Crippen LogP contribution is 2.23. The van der Waals surface area contributed by atoms with E-state index >= 15 is 0 Å². The lowest BCUT2D eigenvalue weighted by molar-refractivity contribution is 0.0649. The van der Waals surface area contributed by atoms with Crippen LogP contribution in [-0.2, 0) is 6.54 Å². The average molecular weight is 568 g/mol. The van der Waals surface area contributed by atoms with Gasteiger partial charge < -0.3 is 10.2 Å². The Bertz CT molecular complexity index is 1460. The number of aryl methyl sites for hydroxylation is 1. The predicted molar refractivity (Wildman–Crippen MR) is 156 cm³/mol. The number of halogens is 1. The van der Waals surface area contributed by atoms with Crippen molar-refractivity contribution in [2.75, 3.05) is 26.2 Å². The number of hydrogen-bond donors (Lipinski definition) is 1. The van der Waals surface area contributed by atoms with Crippen molar-refractivity contribution in [2.45, 2.75) is 44.9 Å². The Morgan fingerprint density at radius 2 is 1.64 bits per heavy atom. The van der Waals surface area contributed by atoms with Gasteiger partial charge in [0.2, 0.25) is 0 Å². The van der Waals surface area contributed by atoms with Crippen molar-refractivity contribution in [3.8, 4) is 6.07 Å². The molecule has 2 aliphatic rings. The number of hydrogen-bond acceptors (Lipinski definition) is 6. The number of Topliss-reactive ketones (excluding diaryl/α,β-unsaturated/α-hetero) is 1. The second-order valence-corrected chi connectivity index (χ2v) is 11.2. The molecule has 3 aromatic rings. The van der Waals surface area contributed by atoms with Gasteiger partial charge in [0.1, 0.15) is 11.9 Å². The number of amides is 2. The van der Waals surface area contributed by atoms with E-state index in [2.05, 4.69) is 16.4 Å². The van der Waals surface area contributed by atoms with Crippen LogP contribution in [0.1, 0.15) is 67.2 Å². The highest BCUT2D eigenvalue weighted by Gasteiger charge is 2.31. The largest absolute Gasteiger partial charge is 0.345 e. The van der Waals surface area contributed by atoms with Crippen molar-refractivity contribution in [1.29, 1.82) is 5.26 Å². The van der Waals surface area contributed by atoms with Gasteiger partial charge in [-0.2, -0.15) is 5.26 Å². The maximum atomic E-state index is 15.0. The minimum Gasteiger partial charge on any atom is -0.345 e. The van der Waals surface area contributed by atoms with Crippen molar-refractivity contribution >= 4 is 17.6 Å². The van der Waals surface area contributed by atoms with Crippen molar-refractivity contribution in [3.05, 3.63) is 100 Å². The van der Waals surface area contributed by atoms with Crippen LogP contribution in [-0.4, -0.2) is 70.8 Å². The summed E-state index contributed by atoms with van der Waals surface area (Å²) in [6, 6.07) is 19.3. The number of nitrogens with one attached hydrogen (secondary N) is 1. The molecule has 0 unspecified atom stereocenters. The van der Waals surface area contributed by atoms with Crippen molar-refractivity contribution in [3.63, 3.8) is 0 Å². The quantitative estimate of drug-likeness (QED) is 0.426. The number of benzene rings is 2. The zero-order valence-electron chi connectivity index (χ0n) is 23.6. The van der Waals surface area contributed by atoms with E-state index in [9.17, 15) is 18.8 Å². The van der Waals surface area contributed by atoms with Gasteiger partial charge in [-0.1, -0.05) is 42.0 Å². The molecular formula is C33H34FN5O3. The van der Waals surface area contributed by atoms with Crippen LogP contribution in [0.2, 0.25) is 0 Å². The van der Waals surface area contributed by atoms with Crippen LogP contribution in [0.15, 0.2) is 66.9 Å². The number of carbonyl (C=O) groups is 3. The number of piperidine rings is 2. The molecule has 1 aromatic heterocycles. The van der Waals surface area contributed by atoms with Crippen molar-refractivity contribution in [1.82, 2.24) is 20.1 Å². The molecule has 3 heterocycles. The highest BCUT2D eigenvalue weighted by atomic mass is 19.1. The zero-order chi connectivity index (χ0) is 29.6. The Hall–Kier alpha value is -4.42. The average Bonchev–Trinajstić information content (AvgIpc) is 3.02. The molecule has 9 heteroatoms. The molecule has 2 atom stereocenters. The van der Waals surface area contributed by atoms with Crippen LogP contribution in [0.4, 0.5) is 4.39 Å². The monoisotopic (exact) mass is 567 g/mol. The Labute approximate surface area is 245 Å². The van der Waals surface area contributed by atoms with Crippen LogP contribution in [0.25, 0.3) is 0 Å². The number of nitriles is 1. The number of carbonyl (C=O) groups excluding carboxylic acids is 3. The zero-order valence-corrected chi connectivity index (χ0v) is 23.6. The summed E-state index contributed by atoms with van der Waals surface area (Å²) in [7, 11) is 0. The molecule has 2 amide bonds. The molecule has 2 saturated heterocycles. The van der Waals surface area contributed by atoms with E-state index in [-0.39, 0.29) is 29.8 Å². The summed E-state index contributed by atoms with van der Waals surface area (Å²) in [5.41, 5.74) is 3.89. The first-order valence-corrected chi connectivity index (χ1v) is 14.3. The number of likely N-dealkylation sites (tertiary alicyclic amines) is 2. The first kappa shape index (κ1) is 29.1. The fourth-order valence-corrected chi connectivity index (χ4v) is 5.59. The topological polar surface area (TPSA) is 106 Å². The minimum atomic E-state index is -1.23. The van der Waals surface area contributed by atoms with E-state index in [1.165, 1.54) is 12.3 Å². The molecule has 2 aliphatic heterocycles. The molecule has 0 radical (unpaired) electrons. The van der Waals surface area contributed by atoms with Gasteiger partial charge in [0.25, 0.3) is 11.8 Å². The minimum absolute atomic E-state index is 0.108. The fourth-order valence-electron chi connectivity index (χ4n) is 5.59. The third kappa shape index (κ3) is 6.89. The maximum Gasteiger partial charge on any atom is 0.270 e. The normalized spacial score (nSPS) is 19.6. The van der Waals surface area contributed by atoms with Gasteiger partial charge in [-0.05, 0) is 56.0 Å². The molecular weight excluding hydrogens is 533 g/mol. The summed E-state index contributed by atoms with van der Waals surface area (Å²) >= 11 is 0. The maximum absolute atomic E-state index is 15.0. The summed E-state index contributed by atoms with van der Waals surface area (Å²) in [6.07, 6.45) is 1.81. The molecule has 5 rings (SSSR count). The van der Waals surface area contributed by atoms with Crippen LogP contribution < -0.4 is 5.32 Å². The van der Waals surface area contributed by atoms with Crippen molar-refractivity contribution < 1.29 is 18.8 Å². The molecule has 1 N–H and O–H groups in total. The van der Waals surface area contributed by atoms with Gasteiger partial charge in [-0.25, -0.2) is 4.39 Å². The van der Waals surface area contributed by atoms with Gasteiger partial charge in [0, 0.05) is 50.4 Å². The summed E-state index contributed by atoms with van der Waals surface area (Å²) in [4.78, 5) is 46.6. The Kier molecular flexibility index (Phi) is 9.03. The molecule has 0 spiro atoms.